The predicted molar refractivity (Wildman–Crippen MR) is 193 cm³/mol. The van der Waals surface area contributed by atoms with E-state index in [0.717, 1.165) is 0 Å². The lowest BCUT2D eigenvalue weighted by molar-refractivity contribution is 1.18. The fraction of sp³-hybridized carbons (Fsp3) is 0. The molecule has 45 heavy (non-hydrogen) atoms. The van der Waals surface area contributed by atoms with Crippen LogP contribution in [0.3, 0.4) is 0 Å². The third-order valence-corrected chi connectivity index (χ3v) is 10.5. The first-order chi connectivity index (χ1) is 22.3. The van der Waals surface area contributed by atoms with Gasteiger partial charge in [0.15, 0.2) is 0 Å². The van der Waals surface area contributed by atoms with E-state index in [1.165, 1.54) is 86.3 Å². The highest BCUT2D eigenvalue weighted by Crippen LogP contribution is 2.43. The van der Waals surface area contributed by atoms with E-state index in [4.69, 9.17) is 0 Å². The van der Waals surface area contributed by atoms with E-state index < -0.39 is 0 Å². The molecule has 0 bridgehead atoms. The van der Waals surface area contributed by atoms with Crippen LogP contribution >= 0.6 is 11.3 Å². The second-order valence-corrected chi connectivity index (χ2v) is 12.8. The Morgan fingerprint density at radius 1 is 0.356 bits per heavy atom. The molecule has 0 fully saturated rings. The maximum Gasteiger partial charge on any atom is 0.0719 e. The van der Waals surface area contributed by atoms with Crippen LogP contribution < -0.4 is 0 Å². The van der Waals surface area contributed by atoms with Crippen molar-refractivity contribution in [2.45, 2.75) is 0 Å². The van der Waals surface area contributed by atoms with Crippen molar-refractivity contribution in [3.05, 3.63) is 158 Å². The van der Waals surface area contributed by atoms with Crippen LogP contribution in [0.5, 0.6) is 0 Å². The quantitative estimate of drug-likeness (QED) is 0.194. The minimum absolute atomic E-state index is 1.18. The Hall–Kier alpha value is -5.64. The lowest BCUT2D eigenvalue weighted by Gasteiger charge is -2.11. The first-order valence-electron chi connectivity index (χ1n) is 15.4. The zero-order chi connectivity index (χ0) is 29.5. The highest BCUT2D eigenvalue weighted by atomic mass is 32.1. The third-order valence-electron chi connectivity index (χ3n) is 9.33. The van der Waals surface area contributed by atoms with Gasteiger partial charge in [-0.3, -0.25) is 0 Å². The van der Waals surface area contributed by atoms with E-state index in [9.17, 15) is 0 Å². The summed E-state index contributed by atoms with van der Waals surface area (Å²) in [5.74, 6) is 0. The van der Waals surface area contributed by atoms with Crippen LogP contribution in [0.15, 0.2) is 158 Å². The molecule has 210 valence electrons. The standard InChI is InChI=1S/C42H26N2S/c1-2-10-29(11-3-1)43-37-15-7-4-12-31(37)33-23-20-28(26-39(33)43)27-18-21-30(22-19-27)44-38-16-8-5-13-32(38)35-24-25-36-34-14-6-9-17-40(34)45-42(36)41(35)44/h1-26H. The molecule has 0 N–H and O–H groups in total. The second-order valence-electron chi connectivity index (χ2n) is 11.8. The van der Waals surface area contributed by atoms with Crippen molar-refractivity contribution in [3.8, 4) is 22.5 Å². The van der Waals surface area contributed by atoms with Gasteiger partial charge in [0.1, 0.15) is 0 Å². The summed E-state index contributed by atoms with van der Waals surface area (Å²) < 4.78 is 7.52. The molecule has 0 aliphatic heterocycles. The monoisotopic (exact) mass is 590 g/mol. The number of nitrogens with zero attached hydrogens (tertiary/aromatic N) is 2. The summed E-state index contributed by atoms with van der Waals surface area (Å²) >= 11 is 1.89. The number of fused-ring (bicyclic) bond motifs is 10. The molecule has 0 aliphatic rings. The summed E-state index contributed by atoms with van der Waals surface area (Å²) in [6.07, 6.45) is 0. The van der Waals surface area contributed by atoms with E-state index in [1.807, 2.05) is 11.3 Å². The molecular formula is C42H26N2S. The minimum Gasteiger partial charge on any atom is -0.309 e. The van der Waals surface area contributed by atoms with Gasteiger partial charge in [0, 0.05) is 48.4 Å². The Labute approximate surface area is 263 Å². The van der Waals surface area contributed by atoms with Crippen LogP contribution in [0, 0.1) is 0 Å². The lowest BCUT2D eigenvalue weighted by Crippen LogP contribution is -1.94. The molecule has 3 aromatic heterocycles. The first-order valence-corrected chi connectivity index (χ1v) is 16.2. The smallest absolute Gasteiger partial charge is 0.0719 e. The van der Waals surface area contributed by atoms with E-state index in [2.05, 4.69) is 167 Å². The molecule has 0 radical (unpaired) electrons. The Morgan fingerprint density at radius 2 is 0.911 bits per heavy atom. The summed E-state index contributed by atoms with van der Waals surface area (Å²) in [5, 5.41) is 7.79. The van der Waals surface area contributed by atoms with Crippen molar-refractivity contribution in [2.24, 2.45) is 0 Å². The number of hydrogen-bond donors (Lipinski definition) is 0. The number of rotatable bonds is 3. The van der Waals surface area contributed by atoms with Crippen LogP contribution in [0.1, 0.15) is 0 Å². The van der Waals surface area contributed by atoms with Crippen LogP contribution in [-0.2, 0) is 0 Å². The molecule has 0 spiro atoms. The van der Waals surface area contributed by atoms with Gasteiger partial charge in [-0.2, -0.15) is 0 Å². The Balaban J connectivity index is 1.17. The molecule has 2 nitrogen and oxygen atoms in total. The molecule has 0 unspecified atom stereocenters. The lowest BCUT2D eigenvalue weighted by atomic mass is 10.0. The zero-order valence-corrected chi connectivity index (χ0v) is 25.1. The van der Waals surface area contributed by atoms with Crippen molar-refractivity contribution >= 4 is 75.1 Å². The summed E-state index contributed by atoms with van der Waals surface area (Å²) in [4.78, 5) is 0. The van der Waals surface area contributed by atoms with Crippen molar-refractivity contribution < 1.29 is 0 Å². The molecule has 0 saturated heterocycles. The zero-order valence-electron chi connectivity index (χ0n) is 24.3. The Kier molecular flexibility index (Phi) is 5.19. The van der Waals surface area contributed by atoms with E-state index in [1.54, 1.807) is 0 Å². The molecule has 0 saturated carbocycles. The normalized spacial score (nSPS) is 12.0. The molecule has 3 heteroatoms. The van der Waals surface area contributed by atoms with Crippen molar-refractivity contribution in [3.63, 3.8) is 0 Å². The summed E-state index contributed by atoms with van der Waals surface area (Å²) in [6.45, 7) is 0. The average Bonchev–Trinajstić information content (AvgIpc) is 3.76. The van der Waals surface area contributed by atoms with Crippen LogP contribution in [0.25, 0.3) is 86.3 Å². The summed E-state index contributed by atoms with van der Waals surface area (Å²) in [6, 6.07) is 57.6. The van der Waals surface area contributed by atoms with Crippen LogP contribution in [0.2, 0.25) is 0 Å². The minimum atomic E-state index is 1.18. The third kappa shape index (κ3) is 3.56. The molecule has 3 heterocycles. The molecule has 10 rings (SSSR count). The molecule has 10 aromatic rings. The fourth-order valence-corrected chi connectivity index (χ4v) is 8.55. The highest BCUT2D eigenvalue weighted by Gasteiger charge is 2.18. The van der Waals surface area contributed by atoms with Crippen LogP contribution in [-0.4, -0.2) is 9.13 Å². The van der Waals surface area contributed by atoms with Gasteiger partial charge >= 0.3 is 0 Å². The number of aromatic nitrogens is 2. The largest absolute Gasteiger partial charge is 0.309 e. The Morgan fingerprint density at radius 3 is 1.71 bits per heavy atom. The Bertz CT molecular complexity index is 2740. The second kappa shape index (κ2) is 9.43. The number of benzene rings is 7. The maximum absolute atomic E-state index is 2.46. The molecule has 7 aromatic carbocycles. The SMILES string of the molecule is c1ccc(-n2c3ccccc3c3ccc(-c4ccc(-n5c6ccccc6c6ccc7c8ccccc8sc7c65)cc4)cc32)cc1. The van der Waals surface area contributed by atoms with E-state index in [-0.39, 0.29) is 0 Å². The van der Waals surface area contributed by atoms with Crippen molar-refractivity contribution in [2.75, 3.05) is 0 Å². The summed E-state index contributed by atoms with van der Waals surface area (Å²) in [7, 11) is 0. The van der Waals surface area contributed by atoms with Gasteiger partial charge in [0.05, 0.1) is 26.8 Å². The average molecular weight is 591 g/mol. The topological polar surface area (TPSA) is 9.86 Å². The van der Waals surface area contributed by atoms with Gasteiger partial charge in [0.2, 0.25) is 0 Å². The number of para-hydroxylation sites is 3. The van der Waals surface area contributed by atoms with Gasteiger partial charge in [-0.15, -0.1) is 11.3 Å². The molecule has 0 amide bonds. The van der Waals surface area contributed by atoms with Crippen molar-refractivity contribution in [1.82, 2.24) is 9.13 Å². The van der Waals surface area contributed by atoms with Crippen molar-refractivity contribution in [1.29, 1.82) is 0 Å². The van der Waals surface area contributed by atoms with Gasteiger partial charge in [-0.25, -0.2) is 0 Å². The van der Waals surface area contributed by atoms with E-state index in [0.29, 0.717) is 0 Å². The van der Waals surface area contributed by atoms with Gasteiger partial charge in [0.25, 0.3) is 0 Å². The van der Waals surface area contributed by atoms with Gasteiger partial charge in [-0.05, 0) is 59.7 Å². The van der Waals surface area contributed by atoms with Crippen LogP contribution in [0.4, 0.5) is 0 Å². The predicted octanol–water partition coefficient (Wildman–Crippen LogP) is 11.9. The first kappa shape index (κ1) is 24.8. The van der Waals surface area contributed by atoms with E-state index >= 15 is 0 Å². The molecule has 0 atom stereocenters. The van der Waals surface area contributed by atoms with Gasteiger partial charge < -0.3 is 9.13 Å². The maximum atomic E-state index is 2.46. The fourth-order valence-electron chi connectivity index (χ4n) is 7.31. The molecule has 0 aliphatic carbocycles. The van der Waals surface area contributed by atoms with Gasteiger partial charge in [-0.1, -0.05) is 109 Å². The molecular weight excluding hydrogens is 565 g/mol. The number of thiophene rings is 1. The number of hydrogen-bond acceptors (Lipinski definition) is 1. The summed E-state index contributed by atoms with van der Waals surface area (Å²) in [5.41, 5.74) is 9.74. The highest BCUT2D eigenvalue weighted by molar-refractivity contribution is 7.26.